The van der Waals surface area contributed by atoms with E-state index in [1.165, 1.54) is 0 Å². The van der Waals surface area contributed by atoms with Gasteiger partial charge in [0.05, 0.1) is 0 Å². The monoisotopic (exact) mass is 413 g/mol. The molecular formula is C26H23NO4. The molecule has 3 rings (SSSR count). The highest BCUT2D eigenvalue weighted by atomic mass is 16.5. The number of carbonyl (C=O) groups is 2. The van der Waals surface area contributed by atoms with E-state index in [1.807, 2.05) is 66.7 Å². The lowest BCUT2D eigenvalue weighted by Gasteiger charge is -2.25. The van der Waals surface area contributed by atoms with E-state index in [-0.39, 0.29) is 6.61 Å². The first-order valence-corrected chi connectivity index (χ1v) is 9.69. The summed E-state index contributed by atoms with van der Waals surface area (Å²) in [6.45, 7) is 8.79. The average Bonchev–Trinajstić information content (AvgIpc) is 2.80. The zero-order valence-corrected chi connectivity index (χ0v) is 17.3. The van der Waals surface area contributed by atoms with Crippen molar-refractivity contribution in [2.24, 2.45) is 0 Å². The SMILES string of the molecule is C=CC(=O)Oc1ccc(N(c2ccccc2)c2ccc(COC(=O)C(=C)C)cc2)cc1. The normalized spacial score (nSPS) is 10.1. The van der Waals surface area contributed by atoms with Crippen molar-refractivity contribution < 1.29 is 19.1 Å². The van der Waals surface area contributed by atoms with E-state index in [2.05, 4.69) is 18.1 Å². The van der Waals surface area contributed by atoms with Gasteiger partial charge >= 0.3 is 11.9 Å². The van der Waals surface area contributed by atoms with Gasteiger partial charge in [-0.3, -0.25) is 0 Å². The molecule has 0 saturated heterocycles. The summed E-state index contributed by atoms with van der Waals surface area (Å²) >= 11 is 0. The average molecular weight is 413 g/mol. The van der Waals surface area contributed by atoms with Gasteiger partial charge in [-0.25, -0.2) is 9.59 Å². The highest BCUT2D eigenvalue weighted by Crippen LogP contribution is 2.35. The van der Waals surface area contributed by atoms with Gasteiger partial charge in [-0.2, -0.15) is 0 Å². The Morgan fingerprint density at radius 2 is 1.42 bits per heavy atom. The number of benzene rings is 3. The minimum Gasteiger partial charge on any atom is -0.457 e. The third-order valence-electron chi connectivity index (χ3n) is 4.41. The Hall–Kier alpha value is -4.12. The van der Waals surface area contributed by atoms with Crippen LogP contribution in [-0.2, 0) is 20.9 Å². The van der Waals surface area contributed by atoms with Gasteiger partial charge < -0.3 is 14.4 Å². The number of rotatable bonds is 8. The number of hydrogen-bond donors (Lipinski definition) is 0. The van der Waals surface area contributed by atoms with E-state index >= 15 is 0 Å². The van der Waals surface area contributed by atoms with Crippen molar-refractivity contribution in [1.29, 1.82) is 0 Å². The van der Waals surface area contributed by atoms with Crippen molar-refractivity contribution in [1.82, 2.24) is 0 Å². The van der Waals surface area contributed by atoms with Crippen LogP contribution in [-0.4, -0.2) is 11.9 Å². The zero-order chi connectivity index (χ0) is 22.2. The molecule has 0 N–H and O–H groups in total. The first-order chi connectivity index (χ1) is 15.0. The molecule has 0 radical (unpaired) electrons. The third kappa shape index (κ3) is 5.70. The predicted octanol–water partition coefficient (Wildman–Crippen LogP) is 5.87. The summed E-state index contributed by atoms with van der Waals surface area (Å²) in [5.74, 6) is -0.473. The highest BCUT2D eigenvalue weighted by molar-refractivity contribution is 5.87. The van der Waals surface area contributed by atoms with Gasteiger partial charge in [-0.15, -0.1) is 0 Å². The van der Waals surface area contributed by atoms with Crippen molar-refractivity contribution in [2.75, 3.05) is 4.90 Å². The van der Waals surface area contributed by atoms with Crippen molar-refractivity contribution in [3.05, 3.63) is 109 Å². The molecule has 5 nitrogen and oxygen atoms in total. The largest absolute Gasteiger partial charge is 0.457 e. The number of carbonyl (C=O) groups excluding carboxylic acids is 2. The topological polar surface area (TPSA) is 55.8 Å². The number of anilines is 3. The second-order valence-corrected chi connectivity index (χ2v) is 6.81. The Bertz CT molecular complexity index is 1070. The number of nitrogens with zero attached hydrogens (tertiary/aromatic N) is 1. The quantitative estimate of drug-likeness (QED) is 0.263. The Balaban J connectivity index is 1.86. The Labute approximate surface area is 181 Å². The Morgan fingerprint density at radius 3 is 1.97 bits per heavy atom. The first-order valence-electron chi connectivity index (χ1n) is 9.69. The molecule has 0 saturated carbocycles. The second kappa shape index (κ2) is 10.1. The molecule has 0 fully saturated rings. The summed E-state index contributed by atoms with van der Waals surface area (Å²) in [6, 6.07) is 24.9. The van der Waals surface area contributed by atoms with Crippen molar-refractivity contribution in [3.8, 4) is 5.75 Å². The van der Waals surface area contributed by atoms with E-state index in [9.17, 15) is 9.59 Å². The maximum Gasteiger partial charge on any atom is 0.335 e. The van der Waals surface area contributed by atoms with Crippen LogP contribution in [0.15, 0.2) is 104 Å². The molecule has 0 atom stereocenters. The molecule has 0 aromatic heterocycles. The van der Waals surface area contributed by atoms with Crippen LogP contribution < -0.4 is 9.64 Å². The number of ether oxygens (including phenoxy) is 2. The van der Waals surface area contributed by atoms with Gasteiger partial charge in [0.2, 0.25) is 0 Å². The van der Waals surface area contributed by atoms with E-state index < -0.39 is 11.9 Å². The minimum atomic E-state index is -0.504. The van der Waals surface area contributed by atoms with Crippen LogP contribution in [0.25, 0.3) is 0 Å². The molecule has 0 amide bonds. The maximum atomic E-state index is 11.6. The van der Waals surface area contributed by atoms with E-state index in [1.54, 1.807) is 19.1 Å². The Kier molecular flexibility index (Phi) is 7.01. The summed E-state index contributed by atoms with van der Waals surface area (Å²) in [5, 5.41) is 0. The van der Waals surface area contributed by atoms with E-state index in [4.69, 9.17) is 9.47 Å². The van der Waals surface area contributed by atoms with Crippen molar-refractivity contribution >= 4 is 29.0 Å². The van der Waals surface area contributed by atoms with Crippen LogP contribution in [0.3, 0.4) is 0 Å². The van der Waals surface area contributed by atoms with Crippen LogP contribution >= 0.6 is 0 Å². The van der Waals surface area contributed by atoms with Crippen LogP contribution in [0.5, 0.6) is 5.75 Å². The van der Waals surface area contributed by atoms with Crippen LogP contribution in [0.2, 0.25) is 0 Å². The van der Waals surface area contributed by atoms with Crippen molar-refractivity contribution in [2.45, 2.75) is 13.5 Å². The van der Waals surface area contributed by atoms with Gasteiger partial charge in [0.1, 0.15) is 12.4 Å². The molecular weight excluding hydrogens is 390 g/mol. The van der Waals surface area contributed by atoms with Gasteiger partial charge in [0, 0.05) is 28.7 Å². The van der Waals surface area contributed by atoms with Crippen LogP contribution in [0.4, 0.5) is 17.1 Å². The molecule has 0 aliphatic rings. The molecule has 0 unspecified atom stereocenters. The molecule has 0 heterocycles. The molecule has 31 heavy (non-hydrogen) atoms. The molecule has 3 aromatic carbocycles. The summed E-state index contributed by atoms with van der Waals surface area (Å²) in [4.78, 5) is 25.1. The fourth-order valence-corrected chi connectivity index (χ4v) is 2.86. The molecule has 0 bridgehead atoms. The fourth-order valence-electron chi connectivity index (χ4n) is 2.86. The lowest BCUT2D eigenvalue weighted by molar-refractivity contribution is -0.140. The summed E-state index contributed by atoms with van der Waals surface area (Å²) < 4.78 is 10.4. The maximum absolute atomic E-state index is 11.6. The predicted molar refractivity (Wildman–Crippen MR) is 122 cm³/mol. The smallest absolute Gasteiger partial charge is 0.335 e. The molecule has 0 spiro atoms. The summed E-state index contributed by atoms with van der Waals surface area (Å²) in [7, 11) is 0. The molecule has 5 heteroatoms. The lowest BCUT2D eigenvalue weighted by Crippen LogP contribution is -2.10. The van der Waals surface area contributed by atoms with Crippen LogP contribution in [0.1, 0.15) is 12.5 Å². The van der Waals surface area contributed by atoms with E-state index in [0.29, 0.717) is 11.3 Å². The zero-order valence-electron chi connectivity index (χ0n) is 17.3. The third-order valence-corrected chi connectivity index (χ3v) is 4.41. The molecule has 0 aliphatic carbocycles. The van der Waals surface area contributed by atoms with Gasteiger partial charge in [-0.05, 0) is 61.0 Å². The summed E-state index contributed by atoms with van der Waals surface area (Å²) in [6.07, 6.45) is 1.12. The number of hydrogen-bond acceptors (Lipinski definition) is 5. The lowest BCUT2D eigenvalue weighted by atomic mass is 10.1. The van der Waals surface area contributed by atoms with Crippen LogP contribution in [0, 0.1) is 0 Å². The molecule has 3 aromatic rings. The van der Waals surface area contributed by atoms with Gasteiger partial charge in [0.25, 0.3) is 0 Å². The molecule has 156 valence electrons. The summed E-state index contributed by atoms with van der Waals surface area (Å²) in [5.41, 5.74) is 4.04. The Morgan fingerprint density at radius 1 is 0.871 bits per heavy atom. The minimum absolute atomic E-state index is 0.181. The van der Waals surface area contributed by atoms with Gasteiger partial charge in [-0.1, -0.05) is 43.5 Å². The standard InChI is InChI=1S/C26H23NO4/c1-4-25(28)31-24-16-14-23(15-17-24)27(21-8-6-5-7-9-21)22-12-10-20(11-13-22)18-30-26(29)19(2)3/h4-17H,1-2,18H2,3H3. The van der Waals surface area contributed by atoms with Crippen molar-refractivity contribution in [3.63, 3.8) is 0 Å². The fraction of sp³-hybridized carbons (Fsp3) is 0.0769. The van der Waals surface area contributed by atoms with E-state index in [0.717, 1.165) is 28.7 Å². The van der Waals surface area contributed by atoms with Gasteiger partial charge in [0.15, 0.2) is 0 Å². The first kappa shape index (κ1) is 21.6. The molecule has 0 aliphatic heterocycles. The second-order valence-electron chi connectivity index (χ2n) is 6.81. The number of esters is 2. The number of para-hydroxylation sites is 1. The highest BCUT2D eigenvalue weighted by Gasteiger charge is 2.13.